The van der Waals surface area contributed by atoms with Gasteiger partial charge in [-0.1, -0.05) is 18.6 Å². The quantitative estimate of drug-likeness (QED) is 0.786. The van der Waals surface area contributed by atoms with Crippen molar-refractivity contribution in [2.45, 2.75) is 32.2 Å². The molecule has 0 atom stereocenters. The van der Waals surface area contributed by atoms with Crippen molar-refractivity contribution in [3.63, 3.8) is 0 Å². The van der Waals surface area contributed by atoms with Crippen molar-refractivity contribution in [3.8, 4) is 5.75 Å². The first-order valence-electron chi connectivity index (χ1n) is 8.70. The fraction of sp³-hybridized carbons (Fsp3) is 0.300. The number of para-hydroxylation sites is 1. The van der Waals surface area contributed by atoms with Gasteiger partial charge >= 0.3 is 0 Å². The van der Waals surface area contributed by atoms with Crippen LogP contribution in [-0.4, -0.2) is 22.6 Å². The first-order valence-corrected chi connectivity index (χ1v) is 8.70. The summed E-state index contributed by atoms with van der Waals surface area (Å²) in [6, 6.07) is 13.2. The van der Waals surface area contributed by atoms with Gasteiger partial charge in [-0.25, -0.2) is 4.98 Å². The third-order valence-electron chi connectivity index (χ3n) is 4.72. The SMILES string of the molecule is COc1ccccc1C(=O)Nc1ccc2c(c1)nc1n2CCCCC1. The highest BCUT2D eigenvalue weighted by Gasteiger charge is 2.15. The van der Waals surface area contributed by atoms with Gasteiger partial charge in [-0.2, -0.15) is 0 Å². The minimum absolute atomic E-state index is 0.183. The van der Waals surface area contributed by atoms with E-state index in [4.69, 9.17) is 9.72 Å². The third kappa shape index (κ3) is 2.97. The van der Waals surface area contributed by atoms with Gasteiger partial charge in [0.1, 0.15) is 11.6 Å². The summed E-state index contributed by atoms with van der Waals surface area (Å²) in [5.74, 6) is 1.54. The molecule has 2 heterocycles. The monoisotopic (exact) mass is 335 g/mol. The van der Waals surface area contributed by atoms with E-state index in [1.54, 1.807) is 19.2 Å². The molecule has 0 unspecified atom stereocenters. The summed E-state index contributed by atoms with van der Waals surface area (Å²) in [4.78, 5) is 17.3. The number of carbonyl (C=O) groups is 1. The molecule has 5 nitrogen and oxygen atoms in total. The molecule has 3 aromatic rings. The van der Waals surface area contributed by atoms with E-state index >= 15 is 0 Å². The minimum Gasteiger partial charge on any atom is -0.496 e. The van der Waals surface area contributed by atoms with E-state index in [-0.39, 0.29) is 5.91 Å². The molecule has 25 heavy (non-hydrogen) atoms. The van der Waals surface area contributed by atoms with Crippen LogP contribution in [0.1, 0.15) is 35.4 Å². The number of hydrogen-bond donors (Lipinski definition) is 1. The van der Waals surface area contributed by atoms with Crippen LogP contribution < -0.4 is 10.1 Å². The van der Waals surface area contributed by atoms with Crippen LogP contribution in [0.4, 0.5) is 5.69 Å². The van der Waals surface area contributed by atoms with Crippen LogP contribution >= 0.6 is 0 Å². The normalized spacial score (nSPS) is 14.0. The van der Waals surface area contributed by atoms with Crippen LogP contribution in [0, 0.1) is 0 Å². The summed E-state index contributed by atoms with van der Waals surface area (Å²) in [6.07, 6.45) is 4.68. The second-order valence-corrected chi connectivity index (χ2v) is 6.35. The van der Waals surface area contributed by atoms with E-state index in [0.717, 1.165) is 35.5 Å². The zero-order chi connectivity index (χ0) is 17.2. The van der Waals surface area contributed by atoms with E-state index < -0.39 is 0 Å². The molecule has 0 saturated carbocycles. The maximum absolute atomic E-state index is 12.6. The van der Waals surface area contributed by atoms with Gasteiger partial charge in [0.2, 0.25) is 0 Å². The summed E-state index contributed by atoms with van der Waals surface area (Å²) < 4.78 is 7.58. The van der Waals surface area contributed by atoms with Crippen LogP contribution in [0.15, 0.2) is 42.5 Å². The lowest BCUT2D eigenvalue weighted by Crippen LogP contribution is -2.13. The number of aromatic nitrogens is 2. The maximum atomic E-state index is 12.6. The van der Waals surface area contributed by atoms with Gasteiger partial charge in [0.25, 0.3) is 5.91 Å². The molecule has 5 heteroatoms. The predicted molar refractivity (Wildman–Crippen MR) is 98.2 cm³/mol. The standard InChI is InChI=1S/C20H21N3O2/c1-25-18-8-5-4-7-15(18)20(24)21-14-10-11-17-16(13-14)22-19-9-3-2-6-12-23(17)19/h4-5,7-8,10-11,13H,2-3,6,9,12H2,1H3,(H,21,24). The Morgan fingerprint density at radius 2 is 2.04 bits per heavy atom. The van der Waals surface area contributed by atoms with E-state index in [0.29, 0.717) is 11.3 Å². The number of imidazole rings is 1. The van der Waals surface area contributed by atoms with Gasteiger partial charge in [-0.3, -0.25) is 4.79 Å². The van der Waals surface area contributed by atoms with Gasteiger partial charge in [-0.15, -0.1) is 0 Å². The average Bonchev–Trinajstić information content (AvgIpc) is 2.81. The lowest BCUT2D eigenvalue weighted by Gasteiger charge is -2.09. The van der Waals surface area contributed by atoms with Gasteiger partial charge < -0.3 is 14.6 Å². The Labute approximate surface area is 146 Å². The highest BCUT2D eigenvalue weighted by molar-refractivity contribution is 6.06. The van der Waals surface area contributed by atoms with Crippen LogP contribution in [0.5, 0.6) is 5.75 Å². The molecule has 4 rings (SSSR count). The molecule has 0 fully saturated rings. The Bertz CT molecular complexity index is 930. The average molecular weight is 335 g/mol. The Morgan fingerprint density at radius 1 is 1.16 bits per heavy atom. The largest absolute Gasteiger partial charge is 0.496 e. The summed E-state index contributed by atoms with van der Waals surface area (Å²) in [5, 5.41) is 2.95. The highest BCUT2D eigenvalue weighted by atomic mass is 16.5. The number of carbonyl (C=O) groups excluding carboxylic acids is 1. The lowest BCUT2D eigenvalue weighted by atomic mass is 10.2. The number of fused-ring (bicyclic) bond motifs is 3. The number of hydrogen-bond acceptors (Lipinski definition) is 3. The zero-order valence-corrected chi connectivity index (χ0v) is 14.3. The number of methoxy groups -OCH3 is 1. The molecule has 0 spiro atoms. The topological polar surface area (TPSA) is 56.1 Å². The molecule has 128 valence electrons. The molecule has 2 aromatic carbocycles. The van der Waals surface area contributed by atoms with Gasteiger partial charge in [0.05, 0.1) is 23.7 Å². The fourth-order valence-corrected chi connectivity index (χ4v) is 3.46. The first-order chi connectivity index (χ1) is 12.3. The summed E-state index contributed by atoms with van der Waals surface area (Å²) in [5.41, 5.74) is 3.35. The van der Waals surface area contributed by atoms with Crippen molar-refractivity contribution >= 4 is 22.6 Å². The molecule has 0 saturated heterocycles. The fourth-order valence-electron chi connectivity index (χ4n) is 3.46. The molecule has 0 radical (unpaired) electrons. The lowest BCUT2D eigenvalue weighted by molar-refractivity contribution is 0.102. The molecule has 0 bridgehead atoms. The van der Waals surface area contributed by atoms with Crippen LogP contribution in [0.2, 0.25) is 0 Å². The number of anilines is 1. The van der Waals surface area contributed by atoms with Crippen molar-refractivity contribution in [2.24, 2.45) is 0 Å². The molecule has 1 amide bonds. The van der Waals surface area contributed by atoms with Crippen molar-refractivity contribution in [3.05, 3.63) is 53.9 Å². The molecular formula is C20H21N3O2. The van der Waals surface area contributed by atoms with E-state index in [9.17, 15) is 4.79 Å². The second kappa shape index (κ2) is 6.59. The number of ether oxygens (including phenoxy) is 1. The number of benzene rings is 2. The number of nitrogens with one attached hydrogen (secondary N) is 1. The minimum atomic E-state index is -0.183. The van der Waals surface area contributed by atoms with Crippen LogP contribution in [0.25, 0.3) is 11.0 Å². The van der Waals surface area contributed by atoms with Crippen LogP contribution in [-0.2, 0) is 13.0 Å². The summed E-state index contributed by atoms with van der Waals surface area (Å²) in [7, 11) is 1.57. The number of amides is 1. The third-order valence-corrected chi connectivity index (χ3v) is 4.72. The Hall–Kier alpha value is -2.82. The Balaban J connectivity index is 1.63. The molecule has 0 aliphatic carbocycles. The molecule has 1 aliphatic heterocycles. The number of nitrogens with zero attached hydrogens (tertiary/aromatic N) is 2. The summed E-state index contributed by atoms with van der Waals surface area (Å²) in [6.45, 7) is 1.03. The predicted octanol–water partition coefficient (Wildman–Crippen LogP) is 4.02. The van der Waals surface area contributed by atoms with Crippen molar-refractivity contribution in [1.29, 1.82) is 0 Å². The van der Waals surface area contributed by atoms with Crippen LogP contribution in [0.3, 0.4) is 0 Å². The van der Waals surface area contributed by atoms with Gasteiger partial charge in [0.15, 0.2) is 0 Å². The highest BCUT2D eigenvalue weighted by Crippen LogP contribution is 2.25. The van der Waals surface area contributed by atoms with E-state index in [1.807, 2.05) is 24.3 Å². The van der Waals surface area contributed by atoms with Crippen molar-refractivity contribution in [2.75, 3.05) is 12.4 Å². The van der Waals surface area contributed by atoms with Crippen molar-refractivity contribution < 1.29 is 9.53 Å². The zero-order valence-electron chi connectivity index (χ0n) is 14.3. The van der Waals surface area contributed by atoms with Gasteiger partial charge in [0, 0.05) is 18.7 Å². The number of rotatable bonds is 3. The molecular weight excluding hydrogens is 314 g/mol. The Morgan fingerprint density at radius 3 is 2.92 bits per heavy atom. The number of aryl methyl sites for hydroxylation is 2. The second-order valence-electron chi connectivity index (χ2n) is 6.35. The van der Waals surface area contributed by atoms with E-state index in [1.165, 1.54) is 19.3 Å². The summed E-state index contributed by atoms with van der Waals surface area (Å²) >= 11 is 0. The first kappa shape index (κ1) is 15.7. The smallest absolute Gasteiger partial charge is 0.259 e. The maximum Gasteiger partial charge on any atom is 0.259 e. The Kier molecular flexibility index (Phi) is 4.14. The van der Waals surface area contributed by atoms with E-state index in [2.05, 4.69) is 16.0 Å². The molecule has 1 N–H and O–H groups in total. The molecule has 1 aliphatic rings. The molecule has 1 aromatic heterocycles. The van der Waals surface area contributed by atoms with Crippen molar-refractivity contribution in [1.82, 2.24) is 9.55 Å². The van der Waals surface area contributed by atoms with Gasteiger partial charge in [-0.05, 0) is 43.2 Å².